The smallest absolute Gasteiger partial charge is 0.228 e. The second-order valence-corrected chi connectivity index (χ2v) is 6.44. The first-order valence-electron chi connectivity index (χ1n) is 6.51. The van der Waals surface area contributed by atoms with Gasteiger partial charge >= 0.3 is 0 Å². The van der Waals surface area contributed by atoms with Crippen molar-refractivity contribution in [2.24, 2.45) is 11.8 Å². The van der Waals surface area contributed by atoms with Crippen LogP contribution in [0.25, 0.3) is 0 Å². The summed E-state index contributed by atoms with van der Waals surface area (Å²) in [7, 11) is 0. The van der Waals surface area contributed by atoms with Crippen LogP contribution in [0.2, 0.25) is 0 Å². The highest BCUT2D eigenvalue weighted by atomic mass is 79.9. The first kappa shape index (κ1) is 16.0. The molecule has 0 radical (unpaired) electrons. The number of nitrogens with one attached hydrogen (secondary N) is 1. The predicted molar refractivity (Wildman–Crippen MR) is 82.7 cm³/mol. The van der Waals surface area contributed by atoms with Crippen LogP contribution in [0.1, 0.15) is 18.4 Å². The Morgan fingerprint density at radius 2 is 2.10 bits per heavy atom. The van der Waals surface area contributed by atoms with Gasteiger partial charge in [-0.25, -0.2) is 0 Å². The van der Waals surface area contributed by atoms with Crippen LogP contribution in [0.3, 0.4) is 0 Å². The molecule has 21 heavy (non-hydrogen) atoms. The zero-order chi connectivity index (χ0) is 15.6. The molecule has 0 spiro atoms. The molecule has 6 heteroatoms. The van der Waals surface area contributed by atoms with Gasteiger partial charge in [0.2, 0.25) is 5.91 Å². The monoisotopic (exact) mass is 370 g/mol. The highest BCUT2D eigenvalue weighted by Crippen LogP contribution is 2.33. The van der Waals surface area contributed by atoms with Crippen molar-refractivity contribution in [2.75, 3.05) is 5.32 Å². The standard InChI is InChI=1S/C15H15BrClNO3/c1-8-2-5-13(12(16)6-8)18-14(19)11-7-9(17)3-4-10(11)15(20)21/h2-3,5-6,10-11H,4,7H2,1H3,(H,18,19)(H,20,21)/p-1/t10-,11+/m0/s1. The van der Waals surface area contributed by atoms with Gasteiger partial charge in [0, 0.05) is 21.4 Å². The Bertz CT molecular complexity index is 615. The topological polar surface area (TPSA) is 69.2 Å². The SMILES string of the molecule is Cc1ccc(NC(=O)[C@@H]2CC(Cl)=CC[C@@H]2C(=O)[O-])c(Br)c1. The molecule has 2 atom stereocenters. The Kier molecular flexibility index (Phi) is 5.06. The summed E-state index contributed by atoms with van der Waals surface area (Å²) in [6, 6.07) is 5.51. The number of allylic oxidation sites excluding steroid dienone is 2. The molecule has 0 bridgehead atoms. The molecule has 1 aliphatic carbocycles. The minimum atomic E-state index is -1.22. The number of aryl methyl sites for hydroxylation is 1. The maximum Gasteiger partial charge on any atom is 0.228 e. The van der Waals surface area contributed by atoms with Crippen LogP contribution in [-0.2, 0) is 9.59 Å². The summed E-state index contributed by atoms with van der Waals surface area (Å²) in [5.74, 6) is -3.16. The van der Waals surface area contributed by atoms with E-state index in [1.165, 1.54) is 0 Å². The largest absolute Gasteiger partial charge is 0.550 e. The van der Waals surface area contributed by atoms with E-state index in [0.717, 1.165) is 10.0 Å². The number of rotatable bonds is 3. The predicted octanol–water partition coefficient (Wildman–Crippen LogP) is 2.59. The van der Waals surface area contributed by atoms with E-state index < -0.39 is 17.8 Å². The van der Waals surface area contributed by atoms with Crippen molar-refractivity contribution in [1.82, 2.24) is 0 Å². The molecule has 0 aliphatic heterocycles. The molecule has 0 saturated heterocycles. The van der Waals surface area contributed by atoms with E-state index in [4.69, 9.17) is 11.6 Å². The number of carboxylic acids is 1. The summed E-state index contributed by atoms with van der Waals surface area (Å²) in [4.78, 5) is 23.5. The second kappa shape index (κ2) is 6.62. The summed E-state index contributed by atoms with van der Waals surface area (Å²) in [5, 5.41) is 14.4. The van der Waals surface area contributed by atoms with Crippen LogP contribution in [0, 0.1) is 18.8 Å². The van der Waals surface area contributed by atoms with Gasteiger partial charge in [-0.05, 0) is 53.4 Å². The molecule has 0 fully saturated rings. The van der Waals surface area contributed by atoms with Gasteiger partial charge in [-0.2, -0.15) is 0 Å². The van der Waals surface area contributed by atoms with E-state index in [1.54, 1.807) is 12.1 Å². The zero-order valence-electron chi connectivity index (χ0n) is 11.4. The minimum Gasteiger partial charge on any atom is -0.550 e. The third-order valence-electron chi connectivity index (χ3n) is 3.52. The number of halogens is 2. The molecular weight excluding hydrogens is 358 g/mol. The molecule has 112 valence electrons. The van der Waals surface area contributed by atoms with Crippen molar-refractivity contribution in [2.45, 2.75) is 19.8 Å². The van der Waals surface area contributed by atoms with E-state index >= 15 is 0 Å². The molecule has 1 aromatic rings. The normalized spacial score (nSPS) is 21.6. The molecule has 0 aromatic heterocycles. The Morgan fingerprint density at radius 1 is 1.38 bits per heavy atom. The lowest BCUT2D eigenvalue weighted by atomic mass is 9.82. The third kappa shape index (κ3) is 3.86. The second-order valence-electron chi connectivity index (χ2n) is 5.10. The van der Waals surface area contributed by atoms with E-state index in [1.807, 2.05) is 19.1 Å². The van der Waals surface area contributed by atoms with Crippen LogP contribution in [-0.4, -0.2) is 11.9 Å². The summed E-state index contributed by atoms with van der Waals surface area (Å²) in [6.07, 6.45) is 2.07. The lowest BCUT2D eigenvalue weighted by molar-refractivity contribution is -0.313. The zero-order valence-corrected chi connectivity index (χ0v) is 13.7. The number of benzene rings is 1. The molecule has 1 amide bonds. The molecule has 1 aromatic carbocycles. The maximum atomic E-state index is 12.4. The quantitative estimate of drug-likeness (QED) is 0.888. The number of hydrogen-bond donors (Lipinski definition) is 1. The maximum absolute atomic E-state index is 12.4. The number of carbonyl (C=O) groups excluding carboxylic acids is 2. The van der Waals surface area contributed by atoms with E-state index in [9.17, 15) is 14.7 Å². The summed E-state index contributed by atoms with van der Waals surface area (Å²) < 4.78 is 0.748. The lowest BCUT2D eigenvalue weighted by Crippen LogP contribution is -2.42. The van der Waals surface area contributed by atoms with Gasteiger partial charge in [0.15, 0.2) is 0 Å². The fourth-order valence-electron chi connectivity index (χ4n) is 2.34. The number of aliphatic carboxylic acids is 1. The summed E-state index contributed by atoms with van der Waals surface area (Å²) in [5.41, 5.74) is 1.66. The Labute approximate surface area is 136 Å². The van der Waals surface area contributed by atoms with Crippen LogP contribution < -0.4 is 10.4 Å². The number of amides is 1. The van der Waals surface area contributed by atoms with Crippen LogP contribution in [0.5, 0.6) is 0 Å². The van der Waals surface area contributed by atoms with Crippen LogP contribution in [0.4, 0.5) is 5.69 Å². The Morgan fingerprint density at radius 3 is 2.71 bits per heavy atom. The Hall–Kier alpha value is -1.33. The number of carboxylic acid groups (broad SMARTS) is 1. The average Bonchev–Trinajstić information content (AvgIpc) is 2.41. The molecular formula is C15H14BrClNO3-. The first-order chi connectivity index (χ1) is 9.88. The summed E-state index contributed by atoms with van der Waals surface area (Å²) in [6.45, 7) is 1.94. The highest BCUT2D eigenvalue weighted by molar-refractivity contribution is 9.10. The van der Waals surface area contributed by atoms with Crippen molar-refractivity contribution >= 4 is 45.1 Å². The van der Waals surface area contributed by atoms with Gasteiger partial charge in [0.05, 0.1) is 11.6 Å². The average molecular weight is 372 g/mol. The van der Waals surface area contributed by atoms with Crippen molar-refractivity contribution in [3.8, 4) is 0 Å². The van der Waals surface area contributed by atoms with Crippen molar-refractivity contribution in [3.63, 3.8) is 0 Å². The third-order valence-corrected chi connectivity index (χ3v) is 4.48. The molecule has 0 saturated carbocycles. The van der Waals surface area contributed by atoms with Crippen LogP contribution >= 0.6 is 27.5 Å². The van der Waals surface area contributed by atoms with Crippen molar-refractivity contribution in [3.05, 3.63) is 39.3 Å². The van der Waals surface area contributed by atoms with Gasteiger partial charge in [0.25, 0.3) is 0 Å². The highest BCUT2D eigenvalue weighted by Gasteiger charge is 2.32. The molecule has 1 aliphatic rings. The fourth-order valence-corrected chi connectivity index (χ4v) is 3.19. The Balaban J connectivity index is 2.18. The minimum absolute atomic E-state index is 0.217. The molecule has 1 N–H and O–H groups in total. The molecule has 0 heterocycles. The van der Waals surface area contributed by atoms with E-state index in [2.05, 4.69) is 21.2 Å². The van der Waals surface area contributed by atoms with Gasteiger partial charge in [-0.3, -0.25) is 4.79 Å². The number of anilines is 1. The number of hydrogen-bond acceptors (Lipinski definition) is 3. The van der Waals surface area contributed by atoms with E-state index in [-0.39, 0.29) is 18.7 Å². The molecule has 0 unspecified atom stereocenters. The van der Waals surface area contributed by atoms with Crippen molar-refractivity contribution in [1.29, 1.82) is 0 Å². The van der Waals surface area contributed by atoms with E-state index in [0.29, 0.717) is 10.7 Å². The van der Waals surface area contributed by atoms with Crippen molar-refractivity contribution < 1.29 is 14.7 Å². The van der Waals surface area contributed by atoms with Gasteiger partial charge in [-0.15, -0.1) is 0 Å². The van der Waals surface area contributed by atoms with Gasteiger partial charge < -0.3 is 15.2 Å². The van der Waals surface area contributed by atoms with Gasteiger partial charge in [0.1, 0.15) is 0 Å². The fraction of sp³-hybridized carbons (Fsp3) is 0.333. The van der Waals surface area contributed by atoms with Gasteiger partial charge in [-0.1, -0.05) is 23.7 Å². The first-order valence-corrected chi connectivity index (χ1v) is 7.68. The molecule has 4 nitrogen and oxygen atoms in total. The molecule has 2 rings (SSSR count). The lowest BCUT2D eigenvalue weighted by Gasteiger charge is -2.29. The number of carbonyl (C=O) groups is 2. The van der Waals surface area contributed by atoms with Crippen LogP contribution in [0.15, 0.2) is 33.8 Å². The summed E-state index contributed by atoms with van der Waals surface area (Å²) >= 11 is 9.31.